The molecule has 2 rings (SSSR count). The zero-order valence-electron chi connectivity index (χ0n) is 7.87. The van der Waals surface area contributed by atoms with Gasteiger partial charge in [0.2, 0.25) is 0 Å². The van der Waals surface area contributed by atoms with E-state index in [9.17, 15) is 4.79 Å². The largest absolute Gasteiger partial charge is 0.316 e. The molecule has 2 N–H and O–H groups in total. The normalized spacial score (nSPS) is 11.4. The molecule has 6 heteroatoms. The molecular formula is C8H10N4OS. The van der Waals surface area contributed by atoms with Gasteiger partial charge in [-0.25, -0.2) is 4.98 Å². The predicted octanol–water partition coefficient (Wildman–Crippen LogP) is 1.36. The lowest BCUT2D eigenvalue weighted by Crippen LogP contribution is -2.09. The molecule has 0 radical (unpaired) electrons. The number of aromatic amines is 2. The van der Waals surface area contributed by atoms with E-state index in [0.717, 1.165) is 0 Å². The summed E-state index contributed by atoms with van der Waals surface area (Å²) in [5.41, 5.74) is 0.823. The van der Waals surface area contributed by atoms with Crippen LogP contribution < -0.4 is 5.56 Å². The van der Waals surface area contributed by atoms with E-state index in [4.69, 9.17) is 12.2 Å². The van der Waals surface area contributed by atoms with Gasteiger partial charge in [-0.05, 0) is 26.1 Å². The van der Waals surface area contributed by atoms with Crippen molar-refractivity contribution in [1.29, 1.82) is 0 Å². The van der Waals surface area contributed by atoms with Gasteiger partial charge in [0, 0.05) is 6.04 Å². The van der Waals surface area contributed by atoms with Crippen molar-refractivity contribution >= 4 is 23.4 Å². The maximum Gasteiger partial charge on any atom is 0.279 e. The van der Waals surface area contributed by atoms with E-state index < -0.39 is 0 Å². The van der Waals surface area contributed by atoms with Crippen LogP contribution in [0, 0.1) is 4.77 Å². The van der Waals surface area contributed by atoms with Crippen LogP contribution in [0.3, 0.4) is 0 Å². The Kier molecular flexibility index (Phi) is 1.99. The molecule has 0 aromatic carbocycles. The van der Waals surface area contributed by atoms with Gasteiger partial charge in [-0.3, -0.25) is 9.78 Å². The Balaban J connectivity index is 2.92. The molecule has 74 valence electrons. The third-order valence-corrected chi connectivity index (χ3v) is 2.23. The molecule has 0 aliphatic rings. The Bertz CT molecular complexity index is 577. The van der Waals surface area contributed by atoms with E-state index in [0.29, 0.717) is 15.9 Å². The zero-order valence-corrected chi connectivity index (χ0v) is 8.68. The third-order valence-electron chi connectivity index (χ3n) is 2.02. The number of nitrogens with zero attached hydrogens (tertiary/aromatic N) is 2. The first kappa shape index (κ1) is 9.14. The van der Waals surface area contributed by atoms with Crippen molar-refractivity contribution in [3.05, 3.63) is 21.5 Å². The number of H-pyrrole nitrogens is 2. The first-order valence-electron chi connectivity index (χ1n) is 4.28. The van der Waals surface area contributed by atoms with Crippen molar-refractivity contribution < 1.29 is 0 Å². The van der Waals surface area contributed by atoms with Gasteiger partial charge >= 0.3 is 0 Å². The number of imidazole rings is 1. The van der Waals surface area contributed by atoms with Gasteiger partial charge in [-0.2, -0.15) is 0 Å². The topological polar surface area (TPSA) is 66.5 Å². The third kappa shape index (κ3) is 1.27. The monoisotopic (exact) mass is 210 g/mol. The van der Waals surface area contributed by atoms with Gasteiger partial charge in [0.15, 0.2) is 10.3 Å². The van der Waals surface area contributed by atoms with E-state index >= 15 is 0 Å². The molecule has 0 aliphatic carbocycles. The zero-order chi connectivity index (χ0) is 10.3. The number of rotatable bonds is 1. The average Bonchev–Trinajstić information content (AvgIpc) is 2.47. The minimum Gasteiger partial charge on any atom is -0.316 e. The maximum absolute atomic E-state index is 11.4. The summed E-state index contributed by atoms with van der Waals surface area (Å²) in [6, 6.07) is 0.243. The number of hydrogen-bond acceptors (Lipinski definition) is 3. The van der Waals surface area contributed by atoms with E-state index in [1.165, 1.54) is 0 Å². The predicted molar refractivity (Wildman–Crippen MR) is 55.9 cm³/mol. The second kappa shape index (κ2) is 3.06. The summed E-state index contributed by atoms with van der Waals surface area (Å²) in [6.45, 7) is 4.03. The quantitative estimate of drug-likeness (QED) is 0.698. The highest BCUT2D eigenvalue weighted by atomic mass is 32.1. The molecule has 2 heterocycles. The summed E-state index contributed by atoms with van der Waals surface area (Å²) in [7, 11) is 0. The van der Waals surface area contributed by atoms with Crippen molar-refractivity contribution in [1.82, 2.24) is 19.5 Å². The summed E-state index contributed by atoms with van der Waals surface area (Å²) in [5.74, 6) is 0. The Labute approximate surface area is 84.8 Å². The van der Waals surface area contributed by atoms with E-state index in [1.54, 1.807) is 6.33 Å². The van der Waals surface area contributed by atoms with E-state index in [2.05, 4.69) is 15.0 Å². The molecule has 0 aliphatic heterocycles. The number of nitrogens with one attached hydrogen (secondary N) is 2. The fourth-order valence-electron chi connectivity index (χ4n) is 1.34. The molecule has 5 nitrogen and oxygen atoms in total. The van der Waals surface area contributed by atoms with Crippen molar-refractivity contribution in [2.24, 2.45) is 0 Å². The molecular weight excluding hydrogens is 200 g/mol. The first-order valence-corrected chi connectivity index (χ1v) is 4.69. The first-order chi connectivity index (χ1) is 6.59. The van der Waals surface area contributed by atoms with Crippen LogP contribution in [0.4, 0.5) is 0 Å². The summed E-state index contributed by atoms with van der Waals surface area (Å²) in [4.78, 5) is 20.9. The van der Waals surface area contributed by atoms with Gasteiger partial charge in [0.1, 0.15) is 5.65 Å². The molecule has 0 spiro atoms. The Morgan fingerprint density at radius 2 is 2.21 bits per heavy atom. The Hall–Kier alpha value is -1.43. The van der Waals surface area contributed by atoms with Gasteiger partial charge in [0.05, 0.1) is 6.33 Å². The lowest BCUT2D eigenvalue weighted by Gasteiger charge is -2.06. The van der Waals surface area contributed by atoms with Crippen LogP contribution in [-0.4, -0.2) is 19.5 Å². The van der Waals surface area contributed by atoms with Crippen molar-refractivity contribution in [3.8, 4) is 0 Å². The molecule has 2 aromatic heterocycles. The molecule has 0 bridgehead atoms. The molecule has 14 heavy (non-hydrogen) atoms. The molecule has 0 atom stereocenters. The highest BCUT2D eigenvalue weighted by Gasteiger charge is 2.08. The summed E-state index contributed by atoms with van der Waals surface area (Å²) in [6.07, 6.45) is 1.63. The molecule has 0 saturated heterocycles. The lowest BCUT2D eigenvalue weighted by molar-refractivity contribution is 0.612. The average molecular weight is 210 g/mol. The molecule has 0 fully saturated rings. The second-order valence-electron chi connectivity index (χ2n) is 3.35. The number of fused-ring (bicyclic) bond motifs is 1. The minimum absolute atomic E-state index is 0.243. The summed E-state index contributed by atoms with van der Waals surface area (Å²) >= 11 is 4.89. The van der Waals surface area contributed by atoms with Gasteiger partial charge in [0.25, 0.3) is 5.56 Å². The SMILES string of the molecule is CC(C)n1cnc2c(=O)[nH]c(=S)[nH]c21. The number of aromatic nitrogens is 4. The van der Waals surface area contributed by atoms with E-state index in [-0.39, 0.29) is 11.6 Å². The molecule has 0 saturated carbocycles. The fourth-order valence-corrected chi connectivity index (χ4v) is 1.53. The van der Waals surface area contributed by atoms with Gasteiger partial charge in [-0.1, -0.05) is 0 Å². The van der Waals surface area contributed by atoms with Crippen LogP contribution in [0.25, 0.3) is 11.2 Å². The highest BCUT2D eigenvalue weighted by Crippen LogP contribution is 2.11. The van der Waals surface area contributed by atoms with Crippen molar-refractivity contribution in [2.45, 2.75) is 19.9 Å². The fraction of sp³-hybridized carbons (Fsp3) is 0.375. The molecule has 2 aromatic rings. The van der Waals surface area contributed by atoms with E-state index in [1.807, 2.05) is 18.4 Å². The second-order valence-corrected chi connectivity index (χ2v) is 3.76. The Morgan fingerprint density at radius 1 is 1.50 bits per heavy atom. The van der Waals surface area contributed by atoms with Crippen LogP contribution in [0.2, 0.25) is 0 Å². The van der Waals surface area contributed by atoms with Gasteiger partial charge in [-0.15, -0.1) is 0 Å². The van der Waals surface area contributed by atoms with Crippen molar-refractivity contribution in [2.75, 3.05) is 0 Å². The van der Waals surface area contributed by atoms with Crippen molar-refractivity contribution in [3.63, 3.8) is 0 Å². The number of hydrogen-bond donors (Lipinski definition) is 2. The molecule has 0 amide bonds. The van der Waals surface area contributed by atoms with Crippen LogP contribution in [-0.2, 0) is 0 Å². The lowest BCUT2D eigenvalue weighted by atomic mass is 10.4. The smallest absolute Gasteiger partial charge is 0.279 e. The van der Waals surface area contributed by atoms with Crippen LogP contribution in [0.5, 0.6) is 0 Å². The van der Waals surface area contributed by atoms with Crippen LogP contribution >= 0.6 is 12.2 Å². The van der Waals surface area contributed by atoms with Crippen LogP contribution in [0.15, 0.2) is 11.1 Å². The summed E-state index contributed by atoms with van der Waals surface area (Å²) < 4.78 is 2.20. The summed E-state index contributed by atoms with van der Waals surface area (Å²) in [5, 5.41) is 0. The maximum atomic E-state index is 11.4. The molecule has 0 unspecified atom stereocenters. The Morgan fingerprint density at radius 3 is 2.86 bits per heavy atom. The standard InChI is InChI=1S/C8H10N4OS/c1-4(2)12-3-9-5-6(12)10-8(14)11-7(5)13/h3-4H,1-2H3,(H2,10,11,13,14). The minimum atomic E-state index is -0.247. The highest BCUT2D eigenvalue weighted by molar-refractivity contribution is 7.71. The van der Waals surface area contributed by atoms with Crippen LogP contribution in [0.1, 0.15) is 19.9 Å². The van der Waals surface area contributed by atoms with Gasteiger partial charge < -0.3 is 9.55 Å².